The predicted molar refractivity (Wildman–Crippen MR) is 170 cm³/mol. The van der Waals surface area contributed by atoms with Crippen LogP contribution in [0.5, 0.6) is 5.75 Å². The highest BCUT2D eigenvalue weighted by molar-refractivity contribution is 5.94. The van der Waals surface area contributed by atoms with E-state index in [0.717, 1.165) is 16.5 Å². The van der Waals surface area contributed by atoms with Crippen molar-refractivity contribution in [2.24, 2.45) is 11.5 Å². The zero-order valence-corrected chi connectivity index (χ0v) is 25.2. The maximum Gasteiger partial charge on any atom is 0.326 e. The summed E-state index contributed by atoms with van der Waals surface area (Å²) in [7, 11) is 0. The number of H-pyrrole nitrogens is 2. The second-order valence-corrected chi connectivity index (χ2v) is 11.1. The smallest absolute Gasteiger partial charge is 0.326 e. The topological polar surface area (TPSA) is 241 Å². The lowest BCUT2D eigenvalue weighted by molar-refractivity contribution is -0.142. The number of nitrogens with two attached hydrogens (primary N) is 2. The number of aliphatic carboxylic acids is 1. The Bertz CT molecular complexity index is 1600. The van der Waals surface area contributed by atoms with Crippen molar-refractivity contribution in [2.75, 3.05) is 6.54 Å². The molecule has 4 unspecified atom stereocenters. The number of nitrogens with one attached hydrogen (secondary N) is 5. The Hall–Kier alpha value is -5.21. The number of fused-ring (bicyclic) bond motifs is 1. The molecule has 0 saturated heterocycles. The van der Waals surface area contributed by atoms with Gasteiger partial charge in [-0.05, 0) is 61.6 Å². The van der Waals surface area contributed by atoms with Crippen molar-refractivity contribution in [3.05, 3.63) is 84.1 Å². The number of hydrogen-bond donors (Lipinski definition) is 9. The van der Waals surface area contributed by atoms with Crippen molar-refractivity contribution in [1.29, 1.82) is 0 Å². The molecule has 4 rings (SSSR count). The highest BCUT2D eigenvalue weighted by atomic mass is 16.4. The number of aromatic hydroxyl groups is 1. The first-order valence-electron chi connectivity index (χ1n) is 15.0. The number of nitrogens with zero attached hydrogens (tertiary/aromatic N) is 1. The molecule has 3 amide bonds. The monoisotopic (exact) mass is 632 g/mol. The molecule has 0 aliphatic carbocycles. The van der Waals surface area contributed by atoms with Crippen molar-refractivity contribution in [2.45, 2.75) is 62.7 Å². The van der Waals surface area contributed by atoms with Gasteiger partial charge in [-0.15, -0.1) is 0 Å². The van der Waals surface area contributed by atoms with E-state index in [1.165, 1.54) is 24.7 Å². The van der Waals surface area contributed by atoms with Gasteiger partial charge in [0.1, 0.15) is 23.9 Å². The van der Waals surface area contributed by atoms with Crippen LogP contribution in [-0.2, 0) is 38.4 Å². The third kappa shape index (κ3) is 9.39. The summed E-state index contributed by atoms with van der Waals surface area (Å²) in [6.07, 6.45) is 6.10. The summed E-state index contributed by atoms with van der Waals surface area (Å²) in [5.74, 6) is -3.14. The minimum Gasteiger partial charge on any atom is -0.508 e. The largest absolute Gasteiger partial charge is 0.508 e. The van der Waals surface area contributed by atoms with Crippen LogP contribution in [0.25, 0.3) is 10.9 Å². The van der Waals surface area contributed by atoms with Crippen molar-refractivity contribution in [3.8, 4) is 5.75 Å². The Morgan fingerprint density at radius 3 is 2.22 bits per heavy atom. The normalized spacial score (nSPS) is 13.8. The number of hydrogen-bond acceptors (Lipinski definition) is 8. The van der Waals surface area contributed by atoms with Gasteiger partial charge in [0.25, 0.3) is 0 Å². The number of carbonyl (C=O) groups excluding carboxylic acids is 3. The lowest BCUT2D eigenvalue weighted by Crippen LogP contribution is -2.58. The van der Waals surface area contributed by atoms with E-state index in [2.05, 4.69) is 30.9 Å². The Morgan fingerprint density at radius 1 is 0.826 bits per heavy atom. The molecule has 0 saturated carbocycles. The number of amides is 3. The Balaban J connectivity index is 1.50. The number of unbranched alkanes of at least 4 members (excludes halogenated alkanes) is 1. The molecule has 46 heavy (non-hydrogen) atoms. The van der Waals surface area contributed by atoms with Crippen LogP contribution in [0.1, 0.15) is 36.1 Å². The van der Waals surface area contributed by atoms with Crippen molar-refractivity contribution in [3.63, 3.8) is 0 Å². The number of aromatic nitrogens is 3. The summed E-state index contributed by atoms with van der Waals surface area (Å²) in [6, 6.07) is 9.26. The third-order valence-electron chi connectivity index (χ3n) is 7.63. The first-order chi connectivity index (χ1) is 22.1. The highest BCUT2D eigenvalue weighted by Crippen LogP contribution is 2.19. The van der Waals surface area contributed by atoms with Gasteiger partial charge in [0, 0.05) is 41.8 Å². The maximum absolute atomic E-state index is 13.7. The SMILES string of the molecule is NCCCCC(NC(=O)C(Cc1ccc(O)cc1)NC(=O)C(N)Cc1c[nH]c2ccccc12)C(=O)NC(Cc1cnc[nH]1)C(=O)O. The summed E-state index contributed by atoms with van der Waals surface area (Å²) < 4.78 is 0. The van der Waals surface area contributed by atoms with Gasteiger partial charge in [0.15, 0.2) is 0 Å². The van der Waals surface area contributed by atoms with Crippen LogP contribution in [0.4, 0.5) is 0 Å². The van der Waals surface area contributed by atoms with Gasteiger partial charge >= 0.3 is 5.97 Å². The lowest BCUT2D eigenvalue weighted by Gasteiger charge is -2.25. The second-order valence-electron chi connectivity index (χ2n) is 11.1. The van der Waals surface area contributed by atoms with Crippen molar-refractivity contribution in [1.82, 2.24) is 30.9 Å². The van der Waals surface area contributed by atoms with Crippen molar-refractivity contribution >= 4 is 34.6 Å². The lowest BCUT2D eigenvalue weighted by atomic mass is 10.0. The van der Waals surface area contributed by atoms with E-state index in [1.807, 2.05) is 24.3 Å². The van der Waals surface area contributed by atoms with Crippen LogP contribution in [0.15, 0.2) is 67.3 Å². The average Bonchev–Trinajstić information content (AvgIpc) is 3.71. The molecule has 14 nitrogen and oxygen atoms in total. The van der Waals surface area contributed by atoms with Crippen LogP contribution >= 0.6 is 0 Å². The second kappa shape index (κ2) is 16.2. The predicted octanol–water partition coefficient (Wildman–Crippen LogP) is 0.620. The van der Waals surface area contributed by atoms with E-state index in [9.17, 15) is 29.4 Å². The molecule has 11 N–H and O–H groups in total. The summed E-state index contributed by atoms with van der Waals surface area (Å²) >= 11 is 0. The van der Waals surface area contributed by atoms with Gasteiger partial charge in [-0.2, -0.15) is 0 Å². The molecule has 244 valence electrons. The molecular weight excluding hydrogens is 592 g/mol. The van der Waals surface area contributed by atoms with Gasteiger partial charge in [-0.3, -0.25) is 14.4 Å². The molecule has 2 heterocycles. The fourth-order valence-corrected chi connectivity index (χ4v) is 5.11. The van der Waals surface area contributed by atoms with Gasteiger partial charge in [0.05, 0.1) is 12.4 Å². The van der Waals surface area contributed by atoms with Gasteiger partial charge in [0.2, 0.25) is 17.7 Å². The number of phenols is 1. The molecule has 14 heteroatoms. The number of rotatable bonds is 17. The maximum atomic E-state index is 13.7. The third-order valence-corrected chi connectivity index (χ3v) is 7.63. The molecule has 0 fully saturated rings. The quantitative estimate of drug-likeness (QED) is 0.0740. The average molecular weight is 633 g/mol. The van der Waals surface area contributed by atoms with Gasteiger partial charge in [-0.1, -0.05) is 30.3 Å². The van der Waals surface area contributed by atoms with Gasteiger partial charge in [-0.25, -0.2) is 9.78 Å². The fraction of sp³-hybridized carbons (Fsp3) is 0.344. The van der Waals surface area contributed by atoms with Gasteiger partial charge < -0.3 is 47.6 Å². The number of aromatic amines is 2. The van der Waals surface area contributed by atoms with Crippen molar-refractivity contribution < 1.29 is 29.4 Å². The number of phenolic OH excluding ortho intramolecular Hbond substituents is 1. The molecule has 2 aromatic carbocycles. The molecule has 0 bridgehead atoms. The number of carboxylic acid groups (broad SMARTS) is 1. The first kappa shape index (κ1) is 33.7. The Morgan fingerprint density at radius 2 is 1.52 bits per heavy atom. The highest BCUT2D eigenvalue weighted by Gasteiger charge is 2.31. The molecule has 0 spiro atoms. The molecular formula is C32H40N8O6. The zero-order valence-electron chi connectivity index (χ0n) is 25.2. The van der Waals surface area contributed by atoms with Crippen LogP contribution in [0.3, 0.4) is 0 Å². The van der Waals surface area contributed by atoms with E-state index >= 15 is 0 Å². The zero-order chi connectivity index (χ0) is 33.1. The summed E-state index contributed by atoms with van der Waals surface area (Å²) in [5.41, 5.74) is 14.8. The molecule has 4 atom stereocenters. The summed E-state index contributed by atoms with van der Waals surface area (Å²) in [6.45, 7) is 0.369. The number of para-hydroxylation sites is 1. The standard InChI is InChI=1S/C32H40N8O6/c33-12-4-3-7-26(30(43)40-28(32(45)46)15-21-17-35-18-37-21)38-31(44)27(13-19-8-10-22(41)11-9-19)39-29(42)24(34)14-20-16-36-25-6-2-1-5-23(20)25/h1-2,5-6,8-11,16-18,24,26-28,36,41H,3-4,7,12-15,33-34H2,(H,35,37)(H,38,44)(H,39,42)(H,40,43)(H,45,46). The van der Waals surface area contributed by atoms with Crippen LogP contribution in [-0.4, -0.2) is 79.6 Å². The van der Waals surface area contributed by atoms with E-state index in [4.69, 9.17) is 11.5 Å². The molecule has 0 aliphatic heterocycles. The number of carbonyl (C=O) groups is 4. The van der Waals surface area contributed by atoms with E-state index in [1.54, 1.807) is 18.3 Å². The number of imidazole rings is 1. The van der Waals surface area contributed by atoms with Crippen LogP contribution in [0.2, 0.25) is 0 Å². The molecule has 4 aromatic rings. The van der Waals surface area contributed by atoms with E-state index in [0.29, 0.717) is 30.6 Å². The van der Waals surface area contributed by atoms with Crippen LogP contribution in [0, 0.1) is 0 Å². The number of benzene rings is 2. The summed E-state index contributed by atoms with van der Waals surface area (Å²) in [5, 5.41) is 28.3. The number of carboxylic acids is 1. The Labute approximate surface area is 265 Å². The molecule has 2 aromatic heterocycles. The minimum absolute atomic E-state index is 0.0341. The first-order valence-corrected chi connectivity index (χ1v) is 15.0. The van der Waals surface area contributed by atoms with Crippen LogP contribution < -0.4 is 27.4 Å². The summed E-state index contributed by atoms with van der Waals surface area (Å²) in [4.78, 5) is 62.2. The van der Waals surface area contributed by atoms with E-state index in [-0.39, 0.29) is 31.4 Å². The molecule has 0 radical (unpaired) electrons. The molecule has 0 aliphatic rings. The Kier molecular flexibility index (Phi) is 11.9. The minimum atomic E-state index is -1.28. The fourth-order valence-electron chi connectivity index (χ4n) is 5.11. The van der Waals surface area contributed by atoms with E-state index < -0.39 is 47.9 Å².